The van der Waals surface area contributed by atoms with Crippen molar-refractivity contribution in [2.45, 2.75) is 32.9 Å². The third-order valence-corrected chi connectivity index (χ3v) is 3.17. The van der Waals surface area contributed by atoms with Crippen LogP contribution in [0.5, 0.6) is 5.75 Å². The summed E-state index contributed by atoms with van der Waals surface area (Å²) in [5.41, 5.74) is 7.93. The lowest BCUT2D eigenvalue weighted by Gasteiger charge is -2.25. The predicted molar refractivity (Wildman–Crippen MR) is 72.7 cm³/mol. The van der Waals surface area contributed by atoms with Gasteiger partial charge in [-0.05, 0) is 44.0 Å². The second-order valence-electron chi connectivity index (χ2n) is 4.85. The van der Waals surface area contributed by atoms with E-state index in [0.29, 0.717) is 17.3 Å². The van der Waals surface area contributed by atoms with Gasteiger partial charge in [0, 0.05) is 18.6 Å². The summed E-state index contributed by atoms with van der Waals surface area (Å²) < 4.78 is 5.18. The lowest BCUT2D eigenvalue weighted by Crippen LogP contribution is -2.45. The SMILES string of the molecule is COc1cc(C)c(CNC(C)(C)CN)cc1Cl. The van der Waals surface area contributed by atoms with Crippen molar-refractivity contribution in [1.29, 1.82) is 0 Å². The van der Waals surface area contributed by atoms with Crippen LogP contribution in [0.1, 0.15) is 25.0 Å². The number of nitrogens with two attached hydrogens (primary N) is 1. The van der Waals surface area contributed by atoms with Crippen LogP contribution in [0.25, 0.3) is 0 Å². The average molecular weight is 257 g/mol. The number of halogens is 1. The van der Waals surface area contributed by atoms with E-state index >= 15 is 0 Å². The summed E-state index contributed by atoms with van der Waals surface area (Å²) in [6.07, 6.45) is 0. The molecule has 0 bridgehead atoms. The molecule has 3 N–H and O–H groups in total. The monoisotopic (exact) mass is 256 g/mol. The van der Waals surface area contributed by atoms with Crippen LogP contribution in [0.2, 0.25) is 5.02 Å². The minimum Gasteiger partial charge on any atom is -0.495 e. The molecule has 1 aromatic carbocycles. The molecule has 3 nitrogen and oxygen atoms in total. The van der Waals surface area contributed by atoms with Crippen molar-refractivity contribution in [1.82, 2.24) is 5.32 Å². The van der Waals surface area contributed by atoms with Crippen molar-refractivity contribution in [2.24, 2.45) is 5.73 Å². The van der Waals surface area contributed by atoms with Gasteiger partial charge in [-0.15, -0.1) is 0 Å². The van der Waals surface area contributed by atoms with Crippen molar-refractivity contribution < 1.29 is 4.74 Å². The standard InChI is InChI=1S/C13H21ClN2O/c1-9-5-12(17-4)11(14)6-10(9)7-16-13(2,3)8-15/h5-6,16H,7-8,15H2,1-4H3. The van der Waals surface area contributed by atoms with Crippen LogP contribution in [0.3, 0.4) is 0 Å². The normalized spacial score (nSPS) is 11.6. The van der Waals surface area contributed by atoms with E-state index in [1.165, 1.54) is 0 Å². The second-order valence-corrected chi connectivity index (χ2v) is 5.26. The van der Waals surface area contributed by atoms with Gasteiger partial charge < -0.3 is 15.8 Å². The summed E-state index contributed by atoms with van der Waals surface area (Å²) in [4.78, 5) is 0. The van der Waals surface area contributed by atoms with E-state index in [9.17, 15) is 0 Å². The molecule has 0 atom stereocenters. The van der Waals surface area contributed by atoms with E-state index in [4.69, 9.17) is 22.1 Å². The molecule has 0 aliphatic rings. The Labute approximate surface area is 108 Å². The molecule has 4 heteroatoms. The fourth-order valence-corrected chi connectivity index (χ4v) is 1.71. The Morgan fingerprint density at radius 1 is 1.41 bits per heavy atom. The van der Waals surface area contributed by atoms with Crippen molar-refractivity contribution in [3.05, 3.63) is 28.3 Å². The maximum absolute atomic E-state index is 6.11. The number of aryl methyl sites for hydroxylation is 1. The topological polar surface area (TPSA) is 47.3 Å². The van der Waals surface area contributed by atoms with Crippen LogP contribution in [-0.2, 0) is 6.54 Å². The van der Waals surface area contributed by atoms with Crippen molar-refractivity contribution in [3.63, 3.8) is 0 Å². The Morgan fingerprint density at radius 3 is 2.59 bits per heavy atom. The van der Waals surface area contributed by atoms with E-state index in [1.807, 2.05) is 19.1 Å². The molecule has 0 amide bonds. The molecule has 0 unspecified atom stereocenters. The molecule has 17 heavy (non-hydrogen) atoms. The molecule has 1 aromatic rings. The molecule has 0 aliphatic carbocycles. The Hall–Kier alpha value is -0.770. The number of hydrogen-bond acceptors (Lipinski definition) is 3. The maximum atomic E-state index is 6.11. The van der Waals surface area contributed by atoms with Gasteiger partial charge in [0.15, 0.2) is 0 Å². The summed E-state index contributed by atoms with van der Waals surface area (Å²) in [7, 11) is 1.62. The highest BCUT2D eigenvalue weighted by atomic mass is 35.5. The molecule has 0 aromatic heterocycles. The van der Waals surface area contributed by atoms with Crippen molar-refractivity contribution in [3.8, 4) is 5.75 Å². The molecule has 0 fully saturated rings. The molecule has 96 valence electrons. The first kappa shape index (κ1) is 14.3. The summed E-state index contributed by atoms with van der Waals surface area (Å²) in [6, 6.07) is 3.89. The maximum Gasteiger partial charge on any atom is 0.137 e. The second kappa shape index (κ2) is 5.71. The number of hydrogen-bond donors (Lipinski definition) is 2. The van der Waals surface area contributed by atoms with Gasteiger partial charge in [0.2, 0.25) is 0 Å². The number of ether oxygens (including phenoxy) is 1. The number of nitrogens with one attached hydrogen (secondary N) is 1. The van der Waals surface area contributed by atoms with Crippen molar-refractivity contribution in [2.75, 3.05) is 13.7 Å². The zero-order valence-electron chi connectivity index (χ0n) is 10.9. The third-order valence-electron chi connectivity index (χ3n) is 2.88. The van der Waals surface area contributed by atoms with E-state index < -0.39 is 0 Å². The van der Waals surface area contributed by atoms with Crippen molar-refractivity contribution >= 4 is 11.6 Å². The third kappa shape index (κ3) is 3.87. The van der Waals surface area contributed by atoms with Gasteiger partial charge in [0.25, 0.3) is 0 Å². The van der Waals surface area contributed by atoms with Crippen LogP contribution < -0.4 is 15.8 Å². The molecule has 0 radical (unpaired) electrons. The Bertz CT molecular complexity index is 391. The quantitative estimate of drug-likeness (QED) is 0.851. The smallest absolute Gasteiger partial charge is 0.137 e. The minimum absolute atomic E-state index is 0.0706. The summed E-state index contributed by atoms with van der Waals surface area (Å²) in [5, 5.41) is 4.05. The molecule has 0 aliphatic heterocycles. The molecule has 0 saturated carbocycles. The summed E-state index contributed by atoms with van der Waals surface area (Å²) >= 11 is 6.11. The molecule has 1 rings (SSSR count). The highest BCUT2D eigenvalue weighted by Gasteiger charge is 2.15. The first-order valence-corrected chi connectivity index (χ1v) is 6.05. The Balaban J connectivity index is 2.82. The zero-order valence-corrected chi connectivity index (χ0v) is 11.7. The highest BCUT2D eigenvalue weighted by molar-refractivity contribution is 6.32. The number of methoxy groups -OCH3 is 1. The molecular weight excluding hydrogens is 236 g/mol. The fourth-order valence-electron chi connectivity index (χ4n) is 1.45. The molecule has 0 heterocycles. The number of rotatable bonds is 5. The van der Waals surface area contributed by atoms with E-state index in [1.54, 1.807) is 7.11 Å². The lowest BCUT2D eigenvalue weighted by atomic mass is 10.0. The van der Waals surface area contributed by atoms with Gasteiger partial charge in [-0.2, -0.15) is 0 Å². The van der Waals surface area contributed by atoms with Gasteiger partial charge >= 0.3 is 0 Å². The van der Waals surface area contributed by atoms with Gasteiger partial charge in [0.1, 0.15) is 5.75 Å². The van der Waals surface area contributed by atoms with Gasteiger partial charge in [-0.3, -0.25) is 0 Å². The van der Waals surface area contributed by atoms with Gasteiger partial charge in [-0.25, -0.2) is 0 Å². The predicted octanol–water partition coefficient (Wildman–Crippen LogP) is 2.48. The largest absolute Gasteiger partial charge is 0.495 e. The first-order chi connectivity index (χ1) is 7.89. The Morgan fingerprint density at radius 2 is 2.06 bits per heavy atom. The summed E-state index contributed by atoms with van der Waals surface area (Å²) in [5.74, 6) is 0.714. The molecular formula is C13H21ClN2O. The first-order valence-electron chi connectivity index (χ1n) is 5.67. The van der Waals surface area contributed by atoms with Crippen LogP contribution in [0.4, 0.5) is 0 Å². The summed E-state index contributed by atoms with van der Waals surface area (Å²) in [6.45, 7) is 7.54. The van der Waals surface area contributed by atoms with Gasteiger partial charge in [0.05, 0.1) is 12.1 Å². The van der Waals surface area contributed by atoms with Gasteiger partial charge in [-0.1, -0.05) is 11.6 Å². The van der Waals surface area contributed by atoms with Crippen LogP contribution in [-0.4, -0.2) is 19.2 Å². The van der Waals surface area contributed by atoms with E-state index in [-0.39, 0.29) is 5.54 Å². The fraction of sp³-hybridized carbons (Fsp3) is 0.538. The van der Waals surface area contributed by atoms with Crippen LogP contribution in [0.15, 0.2) is 12.1 Å². The molecule has 0 saturated heterocycles. The Kier molecular flexibility index (Phi) is 4.80. The molecule has 0 spiro atoms. The van der Waals surface area contributed by atoms with Crippen LogP contribution >= 0.6 is 11.6 Å². The lowest BCUT2D eigenvalue weighted by molar-refractivity contribution is 0.395. The van der Waals surface area contributed by atoms with E-state index in [2.05, 4.69) is 19.2 Å². The number of benzene rings is 1. The minimum atomic E-state index is -0.0706. The van der Waals surface area contributed by atoms with Crippen LogP contribution in [0, 0.1) is 6.92 Å². The van der Waals surface area contributed by atoms with E-state index in [0.717, 1.165) is 17.7 Å². The average Bonchev–Trinajstić information content (AvgIpc) is 2.29. The zero-order chi connectivity index (χ0) is 13.1. The highest BCUT2D eigenvalue weighted by Crippen LogP contribution is 2.27.